The number of benzene rings is 2. The number of nitro groups is 1. The number of nitrogens with zero attached hydrogens (tertiary/aromatic N) is 2. The highest BCUT2D eigenvalue weighted by atomic mass is 79.9. The summed E-state index contributed by atoms with van der Waals surface area (Å²) >= 11 is 3.24. The molecule has 1 heterocycles. The zero-order chi connectivity index (χ0) is 19.7. The Bertz CT molecular complexity index is 991. The number of ketones is 1. The van der Waals surface area contributed by atoms with Crippen molar-refractivity contribution in [3.8, 4) is 5.75 Å². The highest BCUT2D eigenvalue weighted by molar-refractivity contribution is 9.10. The highest BCUT2D eigenvalue weighted by Gasteiger charge is 2.37. The Balaban J connectivity index is 1.80. The van der Waals surface area contributed by atoms with E-state index < -0.39 is 22.5 Å². The van der Waals surface area contributed by atoms with Crippen molar-refractivity contribution in [1.82, 2.24) is 0 Å². The molecule has 3 rings (SSSR count). The van der Waals surface area contributed by atoms with Crippen LogP contribution in [0, 0.1) is 10.1 Å². The van der Waals surface area contributed by atoms with Gasteiger partial charge >= 0.3 is 0 Å². The third-order valence-corrected chi connectivity index (χ3v) is 4.40. The molecule has 1 aliphatic heterocycles. The minimum atomic E-state index is -0.797. The number of methoxy groups -OCH3 is 1. The number of non-ortho nitro benzene ring substituents is 1. The van der Waals surface area contributed by atoms with E-state index in [1.165, 1.54) is 31.4 Å². The number of carbonyl (C=O) groups is 3. The van der Waals surface area contributed by atoms with Gasteiger partial charge in [0, 0.05) is 10.5 Å². The number of nitrogens with one attached hydrogen (secondary N) is 1. The van der Waals surface area contributed by atoms with Crippen LogP contribution in [0.3, 0.4) is 0 Å². The first-order valence-electron chi connectivity index (χ1n) is 7.60. The first-order valence-corrected chi connectivity index (χ1v) is 8.39. The largest absolute Gasteiger partial charge is 0.494 e. The summed E-state index contributed by atoms with van der Waals surface area (Å²) in [6.07, 6.45) is 0. The lowest BCUT2D eigenvalue weighted by Gasteiger charge is -2.17. The number of rotatable bonds is 5. The van der Waals surface area contributed by atoms with E-state index in [1.54, 1.807) is 12.1 Å². The molecular weight excluding hydrogens is 422 g/mol. The van der Waals surface area contributed by atoms with Gasteiger partial charge in [0.15, 0.2) is 0 Å². The highest BCUT2D eigenvalue weighted by Crippen LogP contribution is 2.32. The summed E-state index contributed by atoms with van der Waals surface area (Å²) in [5.74, 6) is -1.97. The Morgan fingerprint density at radius 1 is 1.26 bits per heavy atom. The number of hydrogen-bond donors (Lipinski definition) is 1. The van der Waals surface area contributed by atoms with E-state index >= 15 is 0 Å². The number of halogens is 1. The molecule has 0 bridgehead atoms. The molecule has 2 aromatic carbocycles. The monoisotopic (exact) mass is 433 g/mol. The predicted molar refractivity (Wildman–Crippen MR) is 99.1 cm³/mol. The standard InChI is InChI=1S/C17H12BrN3O6/c1-27-14-7-10(21(25)26)3-4-12(14)19-15(22)8-20-13-5-2-9(18)6-11(13)16(23)17(20)24/h2-7H,8H2,1H3,(H,19,22). The number of anilines is 2. The van der Waals surface area contributed by atoms with Crippen LogP contribution in [-0.2, 0) is 9.59 Å². The molecule has 0 aromatic heterocycles. The molecule has 0 spiro atoms. The number of hydrogen-bond acceptors (Lipinski definition) is 6. The second-order valence-corrected chi connectivity index (χ2v) is 6.49. The number of ether oxygens (including phenoxy) is 1. The van der Waals surface area contributed by atoms with E-state index in [9.17, 15) is 24.5 Å². The number of Topliss-reactive ketones (excluding diaryl/α,β-unsaturated/α-hetero) is 1. The van der Waals surface area contributed by atoms with Gasteiger partial charge in [-0.3, -0.25) is 29.4 Å². The molecule has 0 radical (unpaired) electrons. The minimum Gasteiger partial charge on any atom is -0.494 e. The van der Waals surface area contributed by atoms with Crippen molar-refractivity contribution in [3.05, 3.63) is 56.5 Å². The van der Waals surface area contributed by atoms with Gasteiger partial charge in [0.25, 0.3) is 17.4 Å². The molecule has 0 unspecified atom stereocenters. The topological polar surface area (TPSA) is 119 Å². The molecule has 10 heteroatoms. The van der Waals surface area contributed by atoms with Gasteiger partial charge in [-0.1, -0.05) is 15.9 Å². The Kier molecular flexibility index (Phi) is 4.91. The van der Waals surface area contributed by atoms with Crippen molar-refractivity contribution >= 4 is 50.6 Å². The van der Waals surface area contributed by atoms with E-state index in [0.29, 0.717) is 10.2 Å². The van der Waals surface area contributed by atoms with E-state index in [1.807, 2.05) is 0 Å². The van der Waals surface area contributed by atoms with E-state index in [2.05, 4.69) is 21.2 Å². The Labute approximate surface area is 161 Å². The maximum absolute atomic E-state index is 12.4. The summed E-state index contributed by atoms with van der Waals surface area (Å²) in [5.41, 5.74) is 0.584. The van der Waals surface area contributed by atoms with Crippen LogP contribution in [0.1, 0.15) is 10.4 Å². The van der Waals surface area contributed by atoms with Crippen LogP contribution in [0.25, 0.3) is 0 Å². The SMILES string of the molecule is COc1cc([N+](=O)[O-])ccc1NC(=O)CN1C(=O)C(=O)c2cc(Br)ccc21. The fourth-order valence-corrected chi connectivity index (χ4v) is 3.02. The van der Waals surface area contributed by atoms with E-state index in [0.717, 1.165) is 4.90 Å². The Morgan fingerprint density at radius 3 is 2.67 bits per heavy atom. The van der Waals surface area contributed by atoms with Gasteiger partial charge in [-0.2, -0.15) is 0 Å². The van der Waals surface area contributed by atoms with Crippen LogP contribution in [-0.4, -0.2) is 36.2 Å². The molecule has 2 aromatic rings. The van der Waals surface area contributed by atoms with Gasteiger partial charge in [0.2, 0.25) is 5.91 Å². The molecule has 9 nitrogen and oxygen atoms in total. The van der Waals surface area contributed by atoms with Gasteiger partial charge < -0.3 is 10.1 Å². The fraction of sp³-hybridized carbons (Fsp3) is 0.118. The molecule has 0 atom stereocenters. The molecule has 138 valence electrons. The lowest BCUT2D eigenvalue weighted by Crippen LogP contribution is -2.37. The molecule has 0 saturated carbocycles. The average molecular weight is 434 g/mol. The van der Waals surface area contributed by atoms with Crippen LogP contribution in [0.2, 0.25) is 0 Å². The van der Waals surface area contributed by atoms with Crippen molar-refractivity contribution in [3.63, 3.8) is 0 Å². The Morgan fingerprint density at radius 2 is 2.00 bits per heavy atom. The molecule has 0 saturated heterocycles. The molecule has 1 aliphatic rings. The number of fused-ring (bicyclic) bond motifs is 1. The lowest BCUT2D eigenvalue weighted by atomic mass is 10.1. The lowest BCUT2D eigenvalue weighted by molar-refractivity contribution is -0.384. The predicted octanol–water partition coefficient (Wildman–Crippen LogP) is 2.53. The summed E-state index contributed by atoms with van der Waals surface area (Å²) < 4.78 is 5.70. The maximum atomic E-state index is 12.4. The van der Waals surface area contributed by atoms with Crippen LogP contribution in [0.15, 0.2) is 40.9 Å². The van der Waals surface area contributed by atoms with Crippen LogP contribution < -0.4 is 15.0 Å². The zero-order valence-corrected chi connectivity index (χ0v) is 15.5. The second kappa shape index (κ2) is 7.16. The third-order valence-electron chi connectivity index (χ3n) is 3.91. The first kappa shape index (κ1) is 18.5. The van der Waals surface area contributed by atoms with Crippen molar-refractivity contribution < 1.29 is 24.0 Å². The Hall–Kier alpha value is -3.27. The number of amides is 2. The molecule has 1 N–H and O–H groups in total. The first-order chi connectivity index (χ1) is 12.8. The summed E-state index contributed by atoms with van der Waals surface area (Å²) in [4.78, 5) is 47.9. The summed E-state index contributed by atoms with van der Waals surface area (Å²) in [6, 6.07) is 8.48. The minimum absolute atomic E-state index is 0.103. The van der Waals surface area contributed by atoms with Crippen molar-refractivity contribution in [2.24, 2.45) is 0 Å². The van der Waals surface area contributed by atoms with E-state index in [-0.39, 0.29) is 29.2 Å². The normalized spacial score (nSPS) is 12.7. The van der Waals surface area contributed by atoms with Gasteiger partial charge in [0.05, 0.1) is 35.0 Å². The zero-order valence-electron chi connectivity index (χ0n) is 13.9. The summed E-state index contributed by atoms with van der Waals surface area (Å²) in [7, 11) is 1.31. The van der Waals surface area contributed by atoms with Crippen LogP contribution >= 0.6 is 15.9 Å². The van der Waals surface area contributed by atoms with Crippen LogP contribution in [0.4, 0.5) is 17.1 Å². The van der Waals surface area contributed by atoms with Gasteiger partial charge in [-0.05, 0) is 24.3 Å². The van der Waals surface area contributed by atoms with Crippen molar-refractivity contribution in [2.45, 2.75) is 0 Å². The van der Waals surface area contributed by atoms with Crippen molar-refractivity contribution in [2.75, 3.05) is 23.9 Å². The van der Waals surface area contributed by atoms with Gasteiger partial charge in [-0.25, -0.2) is 0 Å². The maximum Gasteiger partial charge on any atom is 0.299 e. The van der Waals surface area contributed by atoms with Crippen molar-refractivity contribution in [1.29, 1.82) is 0 Å². The summed E-state index contributed by atoms with van der Waals surface area (Å²) in [6.45, 7) is -0.390. The van der Waals surface area contributed by atoms with Gasteiger partial charge in [0.1, 0.15) is 12.3 Å². The average Bonchev–Trinajstić information content (AvgIpc) is 2.86. The van der Waals surface area contributed by atoms with Gasteiger partial charge in [-0.15, -0.1) is 0 Å². The molecule has 0 fully saturated rings. The molecule has 0 aliphatic carbocycles. The third kappa shape index (κ3) is 3.51. The smallest absolute Gasteiger partial charge is 0.299 e. The van der Waals surface area contributed by atoms with E-state index in [4.69, 9.17) is 4.74 Å². The molecule has 2 amide bonds. The quantitative estimate of drug-likeness (QED) is 0.439. The summed E-state index contributed by atoms with van der Waals surface area (Å²) in [5, 5.41) is 13.4. The molecule has 27 heavy (non-hydrogen) atoms. The number of nitro benzene ring substituents is 1. The molecular formula is C17H12BrN3O6. The van der Waals surface area contributed by atoms with Crippen LogP contribution in [0.5, 0.6) is 5.75 Å². The number of carbonyl (C=O) groups excluding carboxylic acids is 3. The second-order valence-electron chi connectivity index (χ2n) is 5.57. The fourth-order valence-electron chi connectivity index (χ4n) is 2.66.